The number of hydrogen-bond donors (Lipinski definition) is 0. The fraction of sp³-hybridized carbons (Fsp3) is 0.154. The van der Waals surface area contributed by atoms with Crippen molar-refractivity contribution in [3.63, 3.8) is 0 Å². The summed E-state index contributed by atoms with van der Waals surface area (Å²) < 4.78 is 12.7. The van der Waals surface area contributed by atoms with Crippen LogP contribution in [0.5, 0.6) is 11.5 Å². The third-order valence-corrected chi connectivity index (χ3v) is 8.25. The number of amides is 2. The minimum Gasteiger partial charge on any atom is -0.490 e. The molecule has 4 rings (SSSR count). The van der Waals surface area contributed by atoms with Crippen LogP contribution in [0, 0.1) is 3.57 Å². The van der Waals surface area contributed by atoms with E-state index in [0.29, 0.717) is 54.2 Å². The molecular weight excluding hydrogens is 691 g/mol. The van der Waals surface area contributed by atoms with Gasteiger partial charge in [-0.15, -0.1) is 0 Å². The van der Waals surface area contributed by atoms with E-state index >= 15 is 0 Å². The van der Waals surface area contributed by atoms with Crippen LogP contribution >= 0.6 is 80.8 Å². The Morgan fingerprint density at radius 2 is 1.73 bits per heavy atom. The Balaban J connectivity index is 1.55. The molecule has 5 nitrogen and oxygen atoms in total. The van der Waals surface area contributed by atoms with Crippen LogP contribution in [0.2, 0.25) is 20.1 Å². The Hall–Kier alpha value is -1.62. The Morgan fingerprint density at radius 1 is 0.946 bits per heavy atom. The van der Waals surface area contributed by atoms with Gasteiger partial charge in [-0.3, -0.25) is 14.5 Å². The molecule has 0 spiro atoms. The first-order valence-electron chi connectivity index (χ1n) is 10.9. The van der Waals surface area contributed by atoms with Gasteiger partial charge in [-0.25, -0.2) is 0 Å². The molecular formula is C26H18Cl4INO4S. The standard InChI is InChI=1S/C26H18Cl4INO4S/c1-2-35-22-9-15(8-21(31)24(22)36-13-16-4-5-17(27)11-19(16)29)10-23-25(33)32(26(34)37-23)12-14-3-6-18(28)20(30)7-14/h3-11H,2,12-13H2,1H3/b23-10-. The molecule has 0 aliphatic carbocycles. The van der Waals surface area contributed by atoms with Crippen molar-refractivity contribution >= 4 is 98.0 Å². The van der Waals surface area contributed by atoms with Crippen LogP contribution in [0.25, 0.3) is 6.08 Å². The van der Waals surface area contributed by atoms with E-state index in [-0.39, 0.29) is 24.3 Å². The maximum Gasteiger partial charge on any atom is 0.293 e. The maximum atomic E-state index is 13.0. The number of carbonyl (C=O) groups excluding carboxylic acids is 2. The highest BCUT2D eigenvalue weighted by molar-refractivity contribution is 14.1. The van der Waals surface area contributed by atoms with Crippen molar-refractivity contribution in [1.82, 2.24) is 4.90 Å². The maximum absolute atomic E-state index is 13.0. The first-order valence-corrected chi connectivity index (χ1v) is 14.3. The molecule has 0 N–H and O–H groups in total. The minimum absolute atomic E-state index is 0.0979. The number of hydrogen-bond acceptors (Lipinski definition) is 5. The molecule has 0 bridgehead atoms. The van der Waals surface area contributed by atoms with Crippen molar-refractivity contribution in [2.45, 2.75) is 20.1 Å². The van der Waals surface area contributed by atoms with Gasteiger partial charge in [0.1, 0.15) is 6.61 Å². The third kappa shape index (κ3) is 6.88. The predicted octanol–water partition coefficient (Wildman–Crippen LogP) is 9.12. The van der Waals surface area contributed by atoms with Crippen molar-refractivity contribution in [1.29, 1.82) is 0 Å². The van der Waals surface area contributed by atoms with E-state index in [0.717, 1.165) is 20.9 Å². The second-order valence-electron chi connectivity index (χ2n) is 7.80. The van der Waals surface area contributed by atoms with Crippen molar-refractivity contribution < 1.29 is 19.1 Å². The van der Waals surface area contributed by atoms with E-state index in [1.807, 2.05) is 13.0 Å². The molecule has 1 aliphatic rings. The highest BCUT2D eigenvalue weighted by Crippen LogP contribution is 2.39. The molecule has 3 aromatic rings. The van der Waals surface area contributed by atoms with Gasteiger partial charge < -0.3 is 9.47 Å². The van der Waals surface area contributed by atoms with Crippen LogP contribution in [0.4, 0.5) is 4.79 Å². The molecule has 1 heterocycles. The van der Waals surface area contributed by atoms with E-state index in [2.05, 4.69) is 22.6 Å². The summed E-state index contributed by atoms with van der Waals surface area (Å²) >= 11 is 27.3. The number of nitrogens with zero attached hydrogens (tertiary/aromatic N) is 1. The fourth-order valence-electron chi connectivity index (χ4n) is 3.47. The summed E-state index contributed by atoms with van der Waals surface area (Å²) in [6.45, 7) is 2.60. The summed E-state index contributed by atoms with van der Waals surface area (Å²) in [5, 5.41) is 1.46. The minimum atomic E-state index is -0.383. The van der Waals surface area contributed by atoms with Crippen molar-refractivity contribution in [3.05, 3.63) is 93.8 Å². The zero-order valence-corrected chi connectivity index (χ0v) is 25.2. The molecule has 11 heteroatoms. The summed E-state index contributed by atoms with van der Waals surface area (Å²) in [6, 6.07) is 13.9. The molecule has 1 aliphatic heterocycles. The van der Waals surface area contributed by atoms with Gasteiger partial charge in [0.2, 0.25) is 0 Å². The molecule has 3 aromatic carbocycles. The van der Waals surface area contributed by atoms with Gasteiger partial charge in [0.25, 0.3) is 11.1 Å². The number of thioether (sulfide) groups is 1. The molecule has 37 heavy (non-hydrogen) atoms. The largest absolute Gasteiger partial charge is 0.490 e. The first kappa shape index (κ1) is 28.4. The van der Waals surface area contributed by atoms with Crippen LogP contribution < -0.4 is 9.47 Å². The monoisotopic (exact) mass is 707 g/mol. The van der Waals surface area contributed by atoms with Crippen LogP contribution in [-0.4, -0.2) is 22.7 Å². The number of rotatable bonds is 8. The summed E-state index contributed by atoms with van der Waals surface area (Å²) in [5.74, 6) is 0.686. The topological polar surface area (TPSA) is 55.8 Å². The molecule has 192 valence electrons. The van der Waals surface area contributed by atoms with Crippen LogP contribution in [0.15, 0.2) is 53.4 Å². The van der Waals surface area contributed by atoms with Crippen LogP contribution in [-0.2, 0) is 17.9 Å². The lowest BCUT2D eigenvalue weighted by molar-refractivity contribution is -0.123. The zero-order chi connectivity index (χ0) is 26.7. The van der Waals surface area contributed by atoms with Crippen molar-refractivity contribution in [2.24, 2.45) is 0 Å². The summed E-state index contributed by atoms with van der Waals surface area (Å²) in [5.41, 5.74) is 2.18. The number of halogens is 5. The van der Waals surface area contributed by atoms with E-state index in [1.54, 1.807) is 48.5 Å². The molecule has 0 aromatic heterocycles. The van der Waals surface area contributed by atoms with Gasteiger partial charge in [-0.2, -0.15) is 0 Å². The van der Waals surface area contributed by atoms with Crippen LogP contribution in [0.1, 0.15) is 23.6 Å². The molecule has 0 radical (unpaired) electrons. The predicted molar refractivity (Wildman–Crippen MR) is 159 cm³/mol. The smallest absolute Gasteiger partial charge is 0.293 e. The van der Waals surface area contributed by atoms with Gasteiger partial charge in [0, 0.05) is 15.6 Å². The highest BCUT2D eigenvalue weighted by atomic mass is 127. The van der Waals surface area contributed by atoms with Crippen LogP contribution in [0.3, 0.4) is 0 Å². The SMILES string of the molecule is CCOc1cc(/C=C2\SC(=O)N(Cc3ccc(Cl)c(Cl)c3)C2=O)cc(I)c1OCc1ccc(Cl)cc1Cl. The van der Waals surface area contributed by atoms with Gasteiger partial charge in [0.05, 0.1) is 31.7 Å². The number of ether oxygens (including phenoxy) is 2. The summed E-state index contributed by atoms with van der Waals surface area (Å²) in [7, 11) is 0. The number of benzene rings is 3. The van der Waals surface area contributed by atoms with Gasteiger partial charge in [-0.1, -0.05) is 58.5 Å². The Labute approximate surface area is 252 Å². The van der Waals surface area contributed by atoms with Gasteiger partial charge in [-0.05, 0) is 94.9 Å². The highest BCUT2D eigenvalue weighted by Gasteiger charge is 2.35. The fourth-order valence-corrected chi connectivity index (χ4v) is 5.87. The van der Waals surface area contributed by atoms with Gasteiger partial charge >= 0.3 is 0 Å². The second kappa shape index (κ2) is 12.5. The lowest BCUT2D eigenvalue weighted by Gasteiger charge is -2.15. The summed E-state index contributed by atoms with van der Waals surface area (Å²) in [4.78, 5) is 27.1. The zero-order valence-electron chi connectivity index (χ0n) is 19.2. The Morgan fingerprint density at radius 3 is 2.43 bits per heavy atom. The molecule has 2 amide bonds. The Kier molecular flexibility index (Phi) is 9.58. The quantitative estimate of drug-likeness (QED) is 0.173. The molecule has 1 saturated heterocycles. The number of carbonyl (C=O) groups is 2. The molecule has 1 fully saturated rings. The summed E-state index contributed by atoms with van der Waals surface area (Å²) in [6.07, 6.45) is 1.67. The van der Waals surface area contributed by atoms with E-state index in [1.165, 1.54) is 4.90 Å². The molecule has 0 atom stereocenters. The normalized spacial score (nSPS) is 14.5. The molecule has 0 unspecified atom stereocenters. The van der Waals surface area contributed by atoms with E-state index in [4.69, 9.17) is 55.9 Å². The second-order valence-corrected chi connectivity index (χ2v) is 11.6. The molecule has 0 saturated carbocycles. The van der Waals surface area contributed by atoms with E-state index < -0.39 is 0 Å². The number of imide groups is 1. The third-order valence-electron chi connectivity index (χ3n) is 5.21. The lowest BCUT2D eigenvalue weighted by Crippen LogP contribution is -2.27. The van der Waals surface area contributed by atoms with E-state index in [9.17, 15) is 9.59 Å². The average Bonchev–Trinajstić information content (AvgIpc) is 3.09. The average molecular weight is 709 g/mol. The van der Waals surface area contributed by atoms with Crippen molar-refractivity contribution in [3.8, 4) is 11.5 Å². The first-order chi connectivity index (χ1) is 17.7. The van der Waals surface area contributed by atoms with Crippen molar-refractivity contribution in [2.75, 3.05) is 6.61 Å². The Bertz CT molecular complexity index is 1420. The van der Waals surface area contributed by atoms with Gasteiger partial charge in [0.15, 0.2) is 11.5 Å². The lowest BCUT2D eigenvalue weighted by atomic mass is 10.1.